The smallest absolute Gasteiger partial charge is 0.252 e. The third kappa shape index (κ3) is 1.84. The molecule has 2 saturated carbocycles. The fraction of sp³-hybridized carbons (Fsp3) is 0.667. The molecule has 1 unspecified atom stereocenters. The Morgan fingerprint density at radius 2 is 2.11 bits per heavy atom. The summed E-state index contributed by atoms with van der Waals surface area (Å²) < 4.78 is 6.25. The number of ether oxygens (including phenoxy) is 1. The van der Waals surface area contributed by atoms with Gasteiger partial charge in [0.05, 0.1) is 22.7 Å². The van der Waals surface area contributed by atoms with Crippen LogP contribution in [0.2, 0.25) is 0 Å². The molecule has 6 heteroatoms. The van der Waals surface area contributed by atoms with Crippen LogP contribution < -0.4 is 10.5 Å². The summed E-state index contributed by atoms with van der Waals surface area (Å²) in [7, 11) is 0. The topological polar surface area (TPSA) is 96.0 Å². The number of aliphatic hydroxyl groups excluding tert-OH is 1. The molecule has 5 aliphatic rings. The van der Waals surface area contributed by atoms with Gasteiger partial charge in [0, 0.05) is 18.2 Å². The Morgan fingerprint density at radius 1 is 1.30 bits per heavy atom. The number of likely N-dealkylation sites (tertiary alicyclic amines) is 1. The van der Waals surface area contributed by atoms with Crippen molar-refractivity contribution in [3.05, 3.63) is 28.8 Å². The van der Waals surface area contributed by atoms with Crippen molar-refractivity contribution in [3.8, 4) is 5.75 Å². The van der Waals surface area contributed by atoms with E-state index in [-0.39, 0.29) is 6.04 Å². The van der Waals surface area contributed by atoms with Crippen LogP contribution in [0.15, 0.2) is 12.1 Å². The van der Waals surface area contributed by atoms with Crippen molar-refractivity contribution in [2.75, 3.05) is 13.1 Å². The Balaban J connectivity index is 1.57. The van der Waals surface area contributed by atoms with Crippen LogP contribution in [0.5, 0.6) is 5.75 Å². The molecule has 3 aliphatic carbocycles. The first-order valence-electron chi connectivity index (χ1n) is 10.2. The third-order valence-electron chi connectivity index (χ3n) is 8.02. The number of benzene rings is 1. The summed E-state index contributed by atoms with van der Waals surface area (Å²) in [6.07, 6.45) is 4.04. The van der Waals surface area contributed by atoms with Crippen molar-refractivity contribution >= 4 is 5.91 Å². The maximum Gasteiger partial charge on any atom is 0.252 e. The van der Waals surface area contributed by atoms with E-state index in [0.717, 1.165) is 43.0 Å². The minimum Gasteiger partial charge on any atom is -0.486 e. The molecule has 1 aromatic rings. The molecule has 1 amide bonds. The number of aliphatic hydroxyl groups is 2. The quantitative estimate of drug-likeness (QED) is 0.728. The third-order valence-corrected chi connectivity index (χ3v) is 8.02. The second-order valence-corrected chi connectivity index (χ2v) is 9.29. The summed E-state index contributed by atoms with van der Waals surface area (Å²) in [4.78, 5) is 14.5. The van der Waals surface area contributed by atoms with Gasteiger partial charge in [-0.15, -0.1) is 0 Å². The molecule has 4 N–H and O–H groups in total. The van der Waals surface area contributed by atoms with E-state index in [1.165, 1.54) is 12.8 Å². The number of nitrogens with two attached hydrogens (primary N) is 1. The molecule has 1 saturated heterocycles. The fourth-order valence-corrected chi connectivity index (χ4v) is 6.66. The lowest BCUT2D eigenvalue weighted by Gasteiger charge is -2.63. The summed E-state index contributed by atoms with van der Waals surface area (Å²) in [5.74, 6) is 0.759. The van der Waals surface area contributed by atoms with Gasteiger partial charge >= 0.3 is 0 Å². The van der Waals surface area contributed by atoms with Crippen LogP contribution >= 0.6 is 0 Å². The Hall–Kier alpha value is -1.63. The molecule has 2 aliphatic heterocycles. The predicted molar refractivity (Wildman–Crippen MR) is 97.7 cm³/mol. The highest BCUT2D eigenvalue weighted by atomic mass is 16.5. The van der Waals surface area contributed by atoms with Gasteiger partial charge in [0.2, 0.25) is 0 Å². The number of piperidine rings is 1. The Labute approximate surface area is 158 Å². The van der Waals surface area contributed by atoms with Crippen molar-refractivity contribution in [2.24, 2.45) is 11.7 Å². The number of carbonyl (C=O) groups excluding carboxylic acids is 1. The zero-order valence-corrected chi connectivity index (χ0v) is 15.4. The highest BCUT2D eigenvalue weighted by Crippen LogP contribution is 2.64. The summed E-state index contributed by atoms with van der Waals surface area (Å²) >= 11 is 0. The summed E-state index contributed by atoms with van der Waals surface area (Å²) in [6, 6.07) is 3.78. The first-order valence-corrected chi connectivity index (χ1v) is 10.2. The molecule has 0 radical (unpaired) electrons. The van der Waals surface area contributed by atoms with Crippen LogP contribution in [0.4, 0.5) is 0 Å². The maximum atomic E-state index is 12.1. The normalized spacial score (nSPS) is 41.8. The predicted octanol–water partition coefficient (Wildman–Crippen LogP) is 0.710. The molecule has 144 valence electrons. The van der Waals surface area contributed by atoms with Crippen LogP contribution in [-0.2, 0) is 11.8 Å². The van der Waals surface area contributed by atoms with E-state index < -0.39 is 29.1 Å². The average molecular weight is 370 g/mol. The first kappa shape index (κ1) is 16.3. The monoisotopic (exact) mass is 370 g/mol. The Morgan fingerprint density at radius 3 is 2.85 bits per heavy atom. The second-order valence-electron chi connectivity index (χ2n) is 9.29. The van der Waals surface area contributed by atoms with Gasteiger partial charge in [0.15, 0.2) is 0 Å². The van der Waals surface area contributed by atoms with E-state index >= 15 is 0 Å². The van der Waals surface area contributed by atoms with Crippen LogP contribution in [0.1, 0.15) is 53.6 Å². The van der Waals surface area contributed by atoms with Crippen molar-refractivity contribution in [2.45, 2.75) is 67.8 Å². The number of hydrogen-bond donors (Lipinski definition) is 3. The van der Waals surface area contributed by atoms with Crippen LogP contribution in [-0.4, -0.2) is 58.0 Å². The van der Waals surface area contributed by atoms with Gasteiger partial charge < -0.3 is 20.7 Å². The van der Waals surface area contributed by atoms with Crippen LogP contribution in [0, 0.1) is 5.92 Å². The summed E-state index contributed by atoms with van der Waals surface area (Å²) in [5.41, 5.74) is 6.50. The van der Waals surface area contributed by atoms with E-state index in [4.69, 9.17) is 10.5 Å². The largest absolute Gasteiger partial charge is 0.486 e. The number of carbonyl (C=O) groups is 1. The molecule has 6 rings (SSSR count). The van der Waals surface area contributed by atoms with Gasteiger partial charge in [-0.1, -0.05) is 6.07 Å². The van der Waals surface area contributed by atoms with E-state index in [1.54, 1.807) is 6.07 Å². The summed E-state index contributed by atoms with van der Waals surface area (Å²) in [6.45, 7) is 1.95. The molecule has 27 heavy (non-hydrogen) atoms. The number of amides is 1. The highest BCUT2D eigenvalue weighted by molar-refractivity contribution is 5.97. The van der Waals surface area contributed by atoms with Crippen molar-refractivity contribution in [1.29, 1.82) is 0 Å². The number of rotatable bonds is 3. The summed E-state index contributed by atoms with van der Waals surface area (Å²) in [5, 5.41) is 22.9. The molecule has 0 aromatic heterocycles. The van der Waals surface area contributed by atoms with E-state index in [1.807, 2.05) is 6.07 Å². The highest BCUT2D eigenvalue weighted by Gasteiger charge is 2.72. The fourth-order valence-electron chi connectivity index (χ4n) is 6.66. The maximum absolute atomic E-state index is 12.1. The van der Waals surface area contributed by atoms with Crippen LogP contribution in [0.3, 0.4) is 0 Å². The standard InChI is InChI=1S/C21H26N2O4/c22-19(25)13-4-3-12-9-15-21(26)6-5-14(24)18-20(21,16(12)17(13)27-18)7-8-23(15)10-11-1-2-11/h3-4,11,14-15,18,24,26H,1-2,5-10H2,(H2,22,25)/t14-,15?,18+,20+,21-/m1/s1. The molecule has 6 nitrogen and oxygen atoms in total. The Kier molecular flexibility index (Phi) is 3.05. The molecule has 2 bridgehead atoms. The molecule has 5 atom stereocenters. The van der Waals surface area contributed by atoms with Gasteiger partial charge in [-0.3, -0.25) is 9.69 Å². The Bertz CT molecular complexity index is 853. The average Bonchev–Trinajstić information content (AvgIpc) is 3.37. The van der Waals surface area contributed by atoms with Gasteiger partial charge in [-0.05, 0) is 62.6 Å². The lowest BCUT2D eigenvalue weighted by molar-refractivity contribution is -0.208. The molecular weight excluding hydrogens is 344 g/mol. The van der Waals surface area contributed by atoms with E-state index in [0.29, 0.717) is 24.2 Å². The molecule has 2 heterocycles. The van der Waals surface area contributed by atoms with Crippen molar-refractivity contribution < 1.29 is 19.7 Å². The molecule has 1 spiro atoms. The molecule has 3 fully saturated rings. The van der Waals surface area contributed by atoms with Crippen molar-refractivity contribution in [3.63, 3.8) is 0 Å². The van der Waals surface area contributed by atoms with Gasteiger partial charge in [-0.25, -0.2) is 0 Å². The SMILES string of the molecule is NC(=O)c1ccc2c3c1O[C@H]1[C@H](O)CC[C@@]4(O)C(C2)N(CC2CC2)CC[C@]314. The second kappa shape index (κ2) is 5.04. The number of nitrogens with zero attached hydrogens (tertiary/aromatic N) is 1. The van der Waals surface area contributed by atoms with Crippen LogP contribution in [0.25, 0.3) is 0 Å². The van der Waals surface area contributed by atoms with Crippen molar-refractivity contribution in [1.82, 2.24) is 4.90 Å². The van der Waals surface area contributed by atoms with Gasteiger partial charge in [-0.2, -0.15) is 0 Å². The lowest BCUT2D eigenvalue weighted by atomic mass is 9.48. The lowest BCUT2D eigenvalue weighted by Crippen LogP contribution is -2.77. The number of primary amides is 1. The zero-order chi connectivity index (χ0) is 18.6. The minimum atomic E-state index is -0.932. The molecule has 1 aromatic carbocycles. The van der Waals surface area contributed by atoms with Gasteiger partial charge in [0.1, 0.15) is 11.9 Å². The van der Waals surface area contributed by atoms with E-state index in [2.05, 4.69) is 4.90 Å². The van der Waals surface area contributed by atoms with Gasteiger partial charge in [0.25, 0.3) is 5.91 Å². The van der Waals surface area contributed by atoms with E-state index in [9.17, 15) is 15.0 Å². The number of hydrogen-bond acceptors (Lipinski definition) is 5. The first-order chi connectivity index (χ1) is 13.0. The minimum absolute atomic E-state index is 0.0447. The molecular formula is C21H26N2O4. The zero-order valence-electron chi connectivity index (χ0n) is 15.4.